The molecule has 1 aromatic rings. The number of alkyl halides is 3. The Morgan fingerprint density at radius 3 is 2.44 bits per heavy atom. The van der Waals surface area contributed by atoms with Gasteiger partial charge in [-0.05, 0) is 18.2 Å². The molecule has 2 rings (SSSR count). The van der Waals surface area contributed by atoms with Gasteiger partial charge in [-0.2, -0.15) is 13.2 Å². The van der Waals surface area contributed by atoms with Gasteiger partial charge in [0.25, 0.3) is 0 Å². The second kappa shape index (κ2) is 5.27. The molecule has 8 heteroatoms. The lowest BCUT2D eigenvalue weighted by atomic mass is 10.1. The van der Waals surface area contributed by atoms with Crippen molar-refractivity contribution >= 4 is 40.7 Å². The second-order valence-corrected chi connectivity index (χ2v) is 4.66. The standard InChI is InChI=1S/C10H10F3N3S.ClH/c11-10(12,13)6-1-2-8(7(14)5-6)16-3-4-17-9(16)15;/h1-2,5,15H,3-4,14H2;1H. The highest BCUT2D eigenvalue weighted by Gasteiger charge is 2.31. The van der Waals surface area contributed by atoms with E-state index in [1.54, 1.807) is 4.90 Å². The SMILES string of the molecule is Cl.N=C1SCCN1c1ccc(C(F)(F)F)cc1N. The van der Waals surface area contributed by atoms with E-state index in [1.165, 1.54) is 17.8 Å². The number of anilines is 2. The Bertz CT molecular complexity index is 464. The molecular formula is C10H11ClF3N3S. The summed E-state index contributed by atoms with van der Waals surface area (Å²) in [6, 6.07) is 3.21. The van der Waals surface area contributed by atoms with E-state index in [4.69, 9.17) is 11.1 Å². The van der Waals surface area contributed by atoms with Gasteiger partial charge in [-0.25, -0.2) is 0 Å². The predicted octanol–water partition coefficient (Wildman–Crippen LogP) is 3.20. The maximum Gasteiger partial charge on any atom is 0.416 e. The third-order valence-corrected chi connectivity index (χ3v) is 3.33. The molecule has 1 aliphatic heterocycles. The van der Waals surface area contributed by atoms with Gasteiger partial charge in [0.2, 0.25) is 0 Å². The number of nitrogens with zero attached hydrogens (tertiary/aromatic N) is 1. The predicted molar refractivity (Wildman–Crippen MR) is 70.6 cm³/mol. The Labute approximate surface area is 112 Å². The number of nitrogen functional groups attached to an aromatic ring is 1. The lowest BCUT2D eigenvalue weighted by Crippen LogP contribution is -2.24. The van der Waals surface area contributed by atoms with E-state index >= 15 is 0 Å². The third-order valence-electron chi connectivity index (χ3n) is 2.44. The van der Waals surface area contributed by atoms with Gasteiger partial charge in [-0.15, -0.1) is 12.4 Å². The Kier molecular flexibility index (Phi) is 4.39. The molecule has 0 radical (unpaired) electrons. The summed E-state index contributed by atoms with van der Waals surface area (Å²) in [4.78, 5) is 1.61. The van der Waals surface area contributed by atoms with Crippen LogP contribution in [0.25, 0.3) is 0 Å². The van der Waals surface area contributed by atoms with Gasteiger partial charge in [0.15, 0.2) is 5.17 Å². The van der Waals surface area contributed by atoms with E-state index < -0.39 is 11.7 Å². The fourth-order valence-corrected chi connectivity index (χ4v) is 2.43. The zero-order valence-electron chi connectivity index (χ0n) is 9.12. The van der Waals surface area contributed by atoms with Crippen LogP contribution in [0.15, 0.2) is 18.2 Å². The largest absolute Gasteiger partial charge is 0.416 e. The molecule has 1 aliphatic rings. The smallest absolute Gasteiger partial charge is 0.397 e. The summed E-state index contributed by atoms with van der Waals surface area (Å²) in [5.41, 5.74) is 5.36. The molecule has 0 atom stereocenters. The first-order valence-corrected chi connectivity index (χ1v) is 5.84. The Morgan fingerprint density at radius 1 is 1.33 bits per heavy atom. The molecule has 1 fully saturated rings. The molecule has 1 aromatic carbocycles. The van der Waals surface area contributed by atoms with Gasteiger partial charge < -0.3 is 10.6 Å². The highest BCUT2D eigenvalue weighted by molar-refractivity contribution is 8.14. The van der Waals surface area contributed by atoms with Crippen LogP contribution in [-0.2, 0) is 6.18 Å². The van der Waals surface area contributed by atoms with Crippen molar-refractivity contribution in [2.24, 2.45) is 0 Å². The number of amidine groups is 1. The van der Waals surface area contributed by atoms with Crippen LogP contribution in [0.4, 0.5) is 24.5 Å². The minimum absolute atomic E-state index is 0. The third kappa shape index (κ3) is 2.84. The first kappa shape index (κ1) is 15.0. The van der Waals surface area contributed by atoms with Gasteiger partial charge >= 0.3 is 6.18 Å². The van der Waals surface area contributed by atoms with Crippen LogP contribution in [0.1, 0.15) is 5.56 Å². The Morgan fingerprint density at radius 2 is 2.00 bits per heavy atom. The lowest BCUT2D eigenvalue weighted by molar-refractivity contribution is -0.137. The zero-order valence-corrected chi connectivity index (χ0v) is 10.8. The molecule has 100 valence electrons. The van der Waals surface area contributed by atoms with Crippen LogP contribution in [0.2, 0.25) is 0 Å². The molecular weight excluding hydrogens is 287 g/mol. The van der Waals surface area contributed by atoms with Crippen LogP contribution < -0.4 is 10.6 Å². The number of halogens is 4. The monoisotopic (exact) mass is 297 g/mol. The minimum atomic E-state index is -4.39. The molecule has 0 saturated carbocycles. The summed E-state index contributed by atoms with van der Waals surface area (Å²) < 4.78 is 37.3. The van der Waals surface area contributed by atoms with Crippen LogP contribution in [0, 0.1) is 5.41 Å². The molecule has 0 amide bonds. The summed E-state index contributed by atoms with van der Waals surface area (Å²) in [6.45, 7) is 0.596. The fraction of sp³-hybridized carbons (Fsp3) is 0.300. The molecule has 0 bridgehead atoms. The maximum atomic E-state index is 12.4. The van der Waals surface area contributed by atoms with Crippen molar-refractivity contribution < 1.29 is 13.2 Å². The fourth-order valence-electron chi connectivity index (χ4n) is 1.62. The zero-order chi connectivity index (χ0) is 12.6. The minimum Gasteiger partial charge on any atom is -0.397 e. The number of nitrogens with one attached hydrogen (secondary N) is 1. The van der Waals surface area contributed by atoms with E-state index in [0.717, 1.165) is 17.9 Å². The molecule has 0 aliphatic carbocycles. The summed E-state index contributed by atoms with van der Waals surface area (Å²) in [6.07, 6.45) is -4.39. The van der Waals surface area contributed by atoms with Crippen molar-refractivity contribution in [3.63, 3.8) is 0 Å². The summed E-state index contributed by atoms with van der Waals surface area (Å²) in [5.74, 6) is 0.749. The van der Waals surface area contributed by atoms with Crippen LogP contribution in [-0.4, -0.2) is 17.5 Å². The van der Waals surface area contributed by atoms with E-state index in [2.05, 4.69) is 0 Å². The van der Waals surface area contributed by atoms with Crippen molar-refractivity contribution in [1.29, 1.82) is 5.41 Å². The summed E-state index contributed by atoms with van der Waals surface area (Å²) in [5, 5.41) is 7.94. The highest BCUT2D eigenvalue weighted by atomic mass is 35.5. The topological polar surface area (TPSA) is 53.1 Å². The van der Waals surface area contributed by atoms with Crippen LogP contribution >= 0.6 is 24.2 Å². The number of hydrogen-bond donors (Lipinski definition) is 2. The molecule has 18 heavy (non-hydrogen) atoms. The number of nitrogens with two attached hydrogens (primary N) is 1. The Hall–Kier alpha value is -1.08. The molecule has 0 aromatic heterocycles. The normalized spacial score (nSPS) is 15.7. The molecule has 3 nitrogen and oxygen atoms in total. The van der Waals surface area contributed by atoms with Crippen molar-refractivity contribution in [2.75, 3.05) is 22.9 Å². The van der Waals surface area contributed by atoms with E-state index in [0.29, 0.717) is 17.4 Å². The molecule has 1 heterocycles. The molecule has 3 N–H and O–H groups in total. The first-order chi connectivity index (χ1) is 7.89. The highest BCUT2D eigenvalue weighted by Crippen LogP contribution is 2.35. The van der Waals surface area contributed by atoms with Crippen LogP contribution in [0.3, 0.4) is 0 Å². The van der Waals surface area contributed by atoms with Gasteiger partial charge in [0.05, 0.1) is 16.9 Å². The number of hydrogen-bond acceptors (Lipinski definition) is 3. The van der Waals surface area contributed by atoms with Gasteiger partial charge in [-0.3, -0.25) is 5.41 Å². The summed E-state index contributed by atoms with van der Waals surface area (Å²) >= 11 is 1.35. The average molecular weight is 298 g/mol. The molecule has 0 spiro atoms. The van der Waals surface area contributed by atoms with Crippen molar-refractivity contribution in [3.8, 4) is 0 Å². The molecule has 0 unspecified atom stereocenters. The number of thioether (sulfide) groups is 1. The maximum absolute atomic E-state index is 12.4. The second-order valence-electron chi connectivity index (χ2n) is 3.58. The van der Waals surface area contributed by atoms with Crippen molar-refractivity contribution in [2.45, 2.75) is 6.18 Å². The first-order valence-electron chi connectivity index (χ1n) is 4.85. The van der Waals surface area contributed by atoms with E-state index in [-0.39, 0.29) is 18.1 Å². The average Bonchev–Trinajstić information content (AvgIpc) is 2.63. The molecule has 1 saturated heterocycles. The van der Waals surface area contributed by atoms with Crippen LogP contribution in [0.5, 0.6) is 0 Å². The lowest BCUT2D eigenvalue weighted by Gasteiger charge is -2.19. The van der Waals surface area contributed by atoms with Gasteiger partial charge in [-0.1, -0.05) is 11.8 Å². The number of rotatable bonds is 1. The quantitative estimate of drug-likeness (QED) is 0.783. The van der Waals surface area contributed by atoms with Gasteiger partial charge in [0, 0.05) is 12.3 Å². The van der Waals surface area contributed by atoms with Gasteiger partial charge in [0.1, 0.15) is 0 Å². The summed E-state index contributed by atoms with van der Waals surface area (Å²) in [7, 11) is 0. The van der Waals surface area contributed by atoms with E-state index in [1.807, 2.05) is 0 Å². The van der Waals surface area contributed by atoms with Crippen molar-refractivity contribution in [1.82, 2.24) is 0 Å². The van der Waals surface area contributed by atoms with E-state index in [9.17, 15) is 13.2 Å². The Balaban J connectivity index is 0.00000162. The van der Waals surface area contributed by atoms with Crippen molar-refractivity contribution in [3.05, 3.63) is 23.8 Å². The number of benzene rings is 1.